The van der Waals surface area contributed by atoms with E-state index in [0.29, 0.717) is 30.6 Å². The van der Waals surface area contributed by atoms with E-state index in [9.17, 15) is 16.8 Å². The number of hydrogen-bond acceptors (Lipinski definition) is 6. The van der Waals surface area contributed by atoms with E-state index in [4.69, 9.17) is 0 Å². The highest BCUT2D eigenvalue weighted by Crippen LogP contribution is 2.23. The van der Waals surface area contributed by atoms with Crippen LogP contribution in [0.3, 0.4) is 0 Å². The number of hydrogen-bond donors (Lipinski definition) is 0. The molecule has 0 aromatic heterocycles. The Hall–Kier alpha value is -0.710. The van der Waals surface area contributed by atoms with Crippen molar-refractivity contribution in [3.8, 4) is 0 Å². The van der Waals surface area contributed by atoms with Crippen LogP contribution < -0.4 is 0 Å². The monoisotopic (exact) mass is 465 g/mol. The van der Waals surface area contributed by atoms with Crippen LogP contribution in [0.15, 0.2) is 29.2 Å². The molecule has 0 N–H and O–H groups in total. The molecule has 0 atom stereocenters. The van der Waals surface area contributed by atoms with Crippen LogP contribution in [0.25, 0.3) is 0 Å². The van der Waals surface area contributed by atoms with Crippen LogP contribution in [0.5, 0.6) is 0 Å². The second kappa shape index (κ2) is 10.1. The first-order valence-electron chi connectivity index (χ1n) is 9.84. The smallest absolute Gasteiger partial charge is 0.211 e. The first kappa shape index (κ1) is 24.6. The molecule has 29 heavy (non-hydrogen) atoms. The van der Waals surface area contributed by atoms with Gasteiger partial charge in [0.2, 0.25) is 10.0 Å². The highest BCUT2D eigenvalue weighted by Gasteiger charge is 2.28. The van der Waals surface area contributed by atoms with Crippen molar-refractivity contribution in [2.75, 3.05) is 51.8 Å². The van der Waals surface area contributed by atoms with Crippen LogP contribution in [-0.4, -0.2) is 88.8 Å². The van der Waals surface area contributed by atoms with Crippen molar-refractivity contribution in [1.29, 1.82) is 0 Å². The molecule has 0 amide bonds. The number of nitrogens with zero attached hydrogens (tertiary/aromatic N) is 3. The minimum absolute atomic E-state index is 0. The summed E-state index contributed by atoms with van der Waals surface area (Å²) in [6.07, 6.45) is 5.47. The second-order valence-corrected chi connectivity index (χ2v) is 11.9. The van der Waals surface area contributed by atoms with Gasteiger partial charge in [-0.2, -0.15) is 0 Å². The fourth-order valence-corrected chi connectivity index (χ4v) is 6.10. The molecule has 7 nitrogen and oxygen atoms in total. The third kappa shape index (κ3) is 6.63. The summed E-state index contributed by atoms with van der Waals surface area (Å²) in [5, 5.41) is 0. The van der Waals surface area contributed by atoms with Crippen molar-refractivity contribution in [2.45, 2.75) is 36.7 Å². The number of piperidine rings is 1. The van der Waals surface area contributed by atoms with Gasteiger partial charge in [0.05, 0.1) is 11.2 Å². The van der Waals surface area contributed by atoms with Gasteiger partial charge in [-0.3, -0.25) is 9.80 Å². The molecular weight excluding hydrogens is 434 g/mol. The molecule has 3 rings (SSSR count). The lowest BCUT2D eigenvalue weighted by molar-refractivity contribution is 0.108. The summed E-state index contributed by atoms with van der Waals surface area (Å²) in [6, 6.07) is 7.72. The molecular formula is C19H32ClN3O4S2. The lowest BCUT2D eigenvalue weighted by atomic mass is 10.0. The molecule has 0 unspecified atom stereocenters. The van der Waals surface area contributed by atoms with E-state index in [-0.39, 0.29) is 12.4 Å². The Kier molecular flexibility index (Phi) is 8.52. The van der Waals surface area contributed by atoms with E-state index in [1.54, 1.807) is 16.4 Å². The molecule has 0 aliphatic carbocycles. The van der Waals surface area contributed by atoms with Gasteiger partial charge in [-0.05, 0) is 50.5 Å². The maximum absolute atomic E-state index is 12.0. The van der Waals surface area contributed by atoms with Crippen LogP contribution in [-0.2, 0) is 26.4 Å². The van der Waals surface area contributed by atoms with Gasteiger partial charge in [0.25, 0.3) is 0 Å². The highest BCUT2D eigenvalue weighted by molar-refractivity contribution is 7.90. The average molecular weight is 466 g/mol. The number of benzene rings is 1. The van der Waals surface area contributed by atoms with Gasteiger partial charge < -0.3 is 0 Å². The molecule has 0 bridgehead atoms. The second-order valence-electron chi connectivity index (χ2n) is 7.94. The van der Waals surface area contributed by atoms with E-state index in [0.717, 1.165) is 51.0 Å². The predicted molar refractivity (Wildman–Crippen MR) is 118 cm³/mol. The Morgan fingerprint density at radius 1 is 0.897 bits per heavy atom. The Bertz CT molecular complexity index is 884. The number of sulfonamides is 1. The van der Waals surface area contributed by atoms with E-state index >= 15 is 0 Å². The number of likely N-dealkylation sites (tertiary alicyclic amines) is 1. The number of halogens is 1. The summed E-state index contributed by atoms with van der Waals surface area (Å²) in [6.45, 7) is 5.40. The average Bonchev–Trinajstić information content (AvgIpc) is 2.88. The van der Waals surface area contributed by atoms with Gasteiger partial charge in [0.1, 0.15) is 0 Å². The van der Waals surface area contributed by atoms with Gasteiger partial charge in [0, 0.05) is 38.5 Å². The molecule has 2 aliphatic heterocycles. The Labute approximate surface area is 181 Å². The fourth-order valence-electron chi connectivity index (χ4n) is 4.29. The highest BCUT2D eigenvalue weighted by atomic mass is 35.5. The zero-order valence-corrected chi connectivity index (χ0v) is 19.6. The van der Waals surface area contributed by atoms with E-state index in [1.165, 1.54) is 12.5 Å². The van der Waals surface area contributed by atoms with Crippen LogP contribution in [0.1, 0.15) is 24.8 Å². The SMILES string of the molecule is CS(=O)(=O)c1ccccc1CN1CCC(N2CCCN(S(C)(=O)=O)CC2)CC1.Cl. The van der Waals surface area contributed by atoms with Gasteiger partial charge in [-0.25, -0.2) is 21.1 Å². The summed E-state index contributed by atoms with van der Waals surface area (Å²) in [5.74, 6) is 0. The van der Waals surface area contributed by atoms with Gasteiger partial charge in [-0.1, -0.05) is 18.2 Å². The minimum Gasteiger partial charge on any atom is -0.299 e. The van der Waals surface area contributed by atoms with Crippen molar-refractivity contribution < 1.29 is 16.8 Å². The van der Waals surface area contributed by atoms with E-state index in [1.807, 2.05) is 12.1 Å². The first-order valence-corrected chi connectivity index (χ1v) is 13.6. The van der Waals surface area contributed by atoms with Crippen LogP contribution in [0.4, 0.5) is 0 Å². The first-order chi connectivity index (χ1) is 13.1. The minimum atomic E-state index is -3.22. The standard InChI is InChI=1S/C19H31N3O4S2.ClH/c1-27(23,24)19-7-4-3-6-17(19)16-20-12-8-18(9-13-20)21-10-5-11-22(15-14-21)28(2,25)26;/h3-4,6-7,18H,5,8-16H2,1-2H3;1H. The quantitative estimate of drug-likeness (QED) is 0.654. The maximum atomic E-state index is 12.0. The molecule has 0 saturated carbocycles. The summed E-state index contributed by atoms with van der Waals surface area (Å²) in [7, 11) is -6.34. The summed E-state index contributed by atoms with van der Waals surface area (Å²) in [4.78, 5) is 5.18. The molecule has 2 saturated heterocycles. The zero-order valence-electron chi connectivity index (χ0n) is 17.2. The van der Waals surface area contributed by atoms with E-state index < -0.39 is 19.9 Å². The Morgan fingerprint density at radius 3 is 2.17 bits per heavy atom. The molecule has 0 radical (unpaired) electrons. The lowest BCUT2D eigenvalue weighted by Crippen LogP contribution is -2.46. The molecule has 166 valence electrons. The number of rotatable bonds is 5. The van der Waals surface area contributed by atoms with Gasteiger partial charge in [-0.15, -0.1) is 12.4 Å². The van der Waals surface area contributed by atoms with Crippen molar-refractivity contribution in [2.24, 2.45) is 0 Å². The summed E-state index contributed by atoms with van der Waals surface area (Å²) < 4.78 is 49.2. The molecule has 10 heteroatoms. The maximum Gasteiger partial charge on any atom is 0.211 e. The number of sulfone groups is 1. The Morgan fingerprint density at radius 2 is 1.55 bits per heavy atom. The van der Waals surface area contributed by atoms with Crippen LogP contribution in [0, 0.1) is 0 Å². The van der Waals surface area contributed by atoms with Crippen molar-refractivity contribution in [3.05, 3.63) is 29.8 Å². The third-order valence-electron chi connectivity index (χ3n) is 5.80. The van der Waals surface area contributed by atoms with Crippen LogP contribution in [0.2, 0.25) is 0 Å². The lowest BCUT2D eigenvalue weighted by Gasteiger charge is -2.38. The molecule has 1 aromatic rings. The molecule has 2 fully saturated rings. The predicted octanol–water partition coefficient (Wildman–Crippen LogP) is 1.44. The largest absolute Gasteiger partial charge is 0.299 e. The normalized spacial score (nSPS) is 21.4. The topological polar surface area (TPSA) is 78.0 Å². The van der Waals surface area contributed by atoms with Crippen molar-refractivity contribution >= 4 is 32.3 Å². The van der Waals surface area contributed by atoms with Gasteiger partial charge in [0.15, 0.2) is 9.84 Å². The van der Waals surface area contributed by atoms with E-state index in [2.05, 4.69) is 9.80 Å². The third-order valence-corrected chi connectivity index (χ3v) is 8.30. The molecule has 2 aliphatic rings. The molecule has 0 spiro atoms. The van der Waals surface area contributed by atoms with Crippen LogP contribution >= 0.6 is 12.4 Å². The molecule has 2 heterocycles. The summed E-state index contributed by atoms with van der Waals surface area (Å²) in [5.41, 5.74) is 0.863. The Balaban J connectivity index is 0.00000300. The van der Waals surface area contributed by atoms with Gasteiger partial charge >= 0.3 is 0 Å². The molecule has 1 aromatic carbocycles. The summed E-state index contributed by atoms with van der Waals surface area (Å²) >= 11 is 0. The fraction of sp³-hybridized carbons (Fsp3) is 0.684. The van der Waals surface area contributed by atoms with Crippen molar-refractivity contribution in [1.82, 2.24) is 14.1 Å². The zero-order chi connectivity index (χ0) is 20.4. The van der Waals surface area contributed by atoms with Crippen molar-refractivity contribution in [3.63, 3.8) is 0 Å².